The molecule has 3 rings (SSSR count). The van der Waals surface area contributed by atoms with Crippen molar-refractivity contribution in [1.82, 2.24) is 9.99 Å². The van der Waals surface area contributed by atoms with Gasteiger partial charge in [0.25, 0.3) is 11.6 Å². The number of nitrogens with one attached hydrogen (secondary N) is 1. The van der Waals surface area contributed by atoms with E-state index in [2.05, 4.69) is 10.5 Å². The van der Waals surface area contributed by atoms with Gasteiger partial charge in [0.1, 0.15) is 5.75 Å². The third-order valence-electron chi connectivity index (χ3n) is 3.96. The molecule has 8 heteroatoms. The van der Waals surface area contributed by atoms with E-state index in [-0.39, 0.29) is 18.2 Å². The molecule has 0 radical (unpaired) electrons. The highest BCUT2D eigenvalue weighted by Gasteiger charge is 2.07. The number of non-ortho nitro benzene ring substituents is 1. The lowest BCUT2D eigenvalue weighted by molar-refractivity contribution is -0.384. The number of aryl methyl sites for hydroxylation is 1. The van der Waals surface area contributed by atoms with Gasteiger partial charge in [0.05, 0.1) is 16.8 Å². The smallest absolute Gasteiger partial charge is 0.277 e. The number of aromatic nitrogens is 1. The number of amides is 1. The lowest BCUT2D eigenvalue weighted by atomic mass is 10.2. The average Bonchev–Trinajstić information content (AvgIpc) is 3.16. The molecule has 142 valence electrons. The molecular weight excluding hydrogens is 360 g/mol. The second kappa shape index (κ2) is 8.63. The van der Waals surface area contributed by atoms with E-state index in [1.165, 1.54) is 18.3 Å². The van der Waals surface area contributed by atoms with Crippen molar-refractivity contribution in [2.75, 3.05) is 6.61 Å². The second-order valence-corrected chi connectivity index (χ2v) is 5.92. The fourth-order valence-electron chi connectivity index (χ4n) is 2.53. The van der Waals surface area contributed by atoms with Crippen molar-refractivity contribution in [3.05, 3.63) is 88.2 Å². The minimum Gasteiger partial charge on any atom is -0.483 e. The van der Waals surface area contributed by atoms with Gasteiger partial charge in [-0.15, -0.1) is 0 Å². The SMILES string of the molecule is Cc1ccccc1OCC(=O)NN=Cc1cccn1-c1ccc([N+](=O)[O-])cc1. The molecule has 28 heavy (non-hydrogen) atoms. The zero-order valence-corrected chi connectivity index (χ0v) is 15.1. The number of nitro benzene ring substituents is 1. The van der Waals surface area contributed by atoms with Crippen LogP contribution >= 0.6 is 0 Å². The lowest BCUT2D eigenvalue weighted by Crippen LogP contribution is -2.24. The summed E-state index contributed by atoms with van der Waals surface area (Å²) >= 11 is 0. The van der Waals surface area contributed by atoms with Crippen LogP contribution < -0.4 is 10.2 Å². The Morgan fingerprint density at radius 3 is 2.64 bits per heavy atom. The summed E-state index contributed by atoms with van der Waals surface area (Å²) in [5.41, 5.74) is 4.83. The zero-order valence-electron chi connectivity index (χ0n) is 15.1. The predicted octanol–water partition coefficient (Wildman–Crippen LogP) is 3.22. The Kier molecular flexibility index (Phi) is 5.81. The maximum Gasteiger partial charge on any atom is 0.277 e. The summed E-state index contributed by atoms with van der Waals surface area (Å²) in [7, 11) is 0. The monoisotopic (exact) mass is 378 g/mol. The van der Waals surface area contributed by atoms with Crippen molar-refractivity contribution < 1.29 is 14.5 Å². The largest absolute Gasteiger partial charge is 0.483 e. The molecule has 0 aliphatic heterocycles. The Morgan fingerprint density at radius 1 is 1.18 bits per heavy atom. The van der Waals surface area contributed by atoms with Crippen LogP contribution in [0.15, 0.2) is 72.0 Å². The van der Waals surface area contributed by atoms with E-state index in [4.69, 9.17) is 4.74 Å². The van der Waals surface area contributed by atoms with E-state index in [9.17, 15) is 14.9 Å². The summed E-state index contributed by atoms with van der Waals surface area (Å²) in [6.07, 6.45) is 3.29. The van der Waals surface area contributed by atoms with Crippen molar-refractivity contribution >= 4 is 17.8 Å². The van der Waals surface area contributed by atoms with Gasteiger partial charge >= 0.3 is 0 Å². The summed E-state index contributed by atoms with van der Waals surface area (Å²) in [5.74, 6) is 0.265. The van der Waals surface area contributed by atoms with Gasteiger partial charge < -0.3 is 9.30 Å². The quantitative estimate of drug-likeness (QED) is 0.388. The first-order valence-electron chi connectivity index (χ1n) is 8.47. The van der Waals surface area contributed by atoms with Crippen molar-refractivity contribution in [1.29, 1.82) is 0 Å². The average molecular weight is 378 g/mol. The van der Waals surface area contributed by atoms with E-state index in [0.717, 1.165) is 11.3 Å². The van der Waals surface area contributed by atoms with Gasteiger partial charge in [-0.1, -0.05) is 18.2 Å². The summed E-state index contributed by atoms with van der Waals surface area (Å²) in [5, 5.41) is 14.7. The molecule has 0 spiro atoms. The van der Waals surface area contributed by atoms with Crippen LogP contribution in [0.25, 0.3) is 5.69 Å². The molecule has 0 atom stereocenters. The zero-order chi connectivity index (χ0) is 19.9. The number of hydrogen-bond acceptors (Lipinski definition) is 5. The molecule has 0 unspecified atom stereocenters. The van der Waals surface area contributed by atoms with Crippen LogP contribution in [0.4, 0.5) is 5.69 Å². The predicted molar refractivity (Wildman–Crippen MR) is 105 cm³/mol. The van der Waals surface area contributed by atoms with Gasteiger partial charge in [0.2, 0.25) is 0 Å². The number of ether oxygens (including phenoxy) is 1. The van der Waals surface area contributed by atoms with Crippen LogP contribution in [0.2, 0.25) is 0 Å². The van der Waals surface area contributed by atoms with E-state index in [1.807, 2.05) is 31.2 Å². The van der Waals surface area contributed by atoms with E-state index < -0.39 is 4.92 Å². The molecule has 0 saturated heterocycles. The number of rotatable bonds is 7. The molecule has 0 bridgehead atoms. The third kappa shape index (κ3) is 4.61. The van der Waals surface area contributed by atoms with Gasteiger partial charge in [0, 0.05) is 24.0 Å². The minimum atomic E-state index is -0.448. The second-order valence-electron chi connectivity index (χ2n) is 5.92. The Bertz CT molecular complexity index is 1010. The van der Waals surface area contributed by atoms with E-state index in [1.54, 1.807) is 35.0 Å². The standard InChI is InChI=1S/C20H18N4O4/c1-15-5-2-3-7-19(15)28-14-20(25)22-21-13-18-6-4-12-23(18)16-8-10-17(11-9-16)24(26)27/h2-13H,14H2,1H3,(H,22,25). The Morgan fingerprint density at radius 2 is 1.93 bits per heavy atom. The Hall–Kier alpha value is -3.94. The first kappa shape index (κ1) is 18.8. The maximum atomic E-state index is 11.9. The third-order valence-corrected chi connectivity index (χ3v) is 3.96. The summed E-state index contributed by atoms with van der Waals surface area (Å²) < 4.78 is 7.26. The van der Waals surface area contributed by atoms with Gasteiger partial charge in [-0.25, -0.2) is 5.43 Å². The lowest BCUT2D eigenvalue weighted by Gasteiger charge is -2.08. The number of carbonyl (C=O) groups excluding carboxylic acids is 1. The Balaban J connectivity index is 1.59. The molecule has 0 aliphatic rings. The van der Waals surface area contributed by atoms with Gasteiger partial charge in [-0.3, -0.25) is 14.9 Å². The highest BCUT2D eigenvalue weighted by Crippen LogP contribution is 2.17. The van der Waals surface area contributed by atoms with Crippen LogP contribution in [0, 0.1) is 17.0 Å². The van der Waals surface area contributed by atoms with Gasteiger partial charge in [-0.05, 0) is 42.8 Å². The molecule has 8 nitrogen and oxygen atoms in total. The van der Waals surface area contributed by atoms with Crippen LogP contribution in [-0.4, -0.2) is 28.2 Å². The van der Waals surface area contributed by atoms with Crippen LogP contribution in [0.5, 0.6) is 5.75 Å². The highest BCUT2D eigenvalue weighted by molar-refractivity contribution is 5.82. The molecule has 1 heterocycles. The number of para-hydroxylation sites is 1. The number of benzene rings is 2. The van der Waals surface area contributed by atoms with Crippen molar-refractivity contribution in [3.63, 3.8) is 0 Å². The minimum absolute atomic E-state index is 0.0204. The number of carbonyl (C=O) groups is 1. The molecule has 1 N–H and O–H groups in total. The van der Waals surface area contributed by atoms with Crippen molar-refractivity contribution in [3.8, 4) is 11.4 Å². The number of hydrogen-bond donors (Lipinski definition) is 1. The normalized spacial score (nSPS) is 10.8. The summed E-state index contributed by atoms with van der Waals surface area (Å²) in [6, 6.07) is 17.2. The first-order valence-corrected chi connectivity index (χ1v) is 8.47. The fraction of sp³-hybridized carbons (Fsp3) is 0.100. The molecule has 3 aromatic rings. The molecule has 2 aromatic carbocycles. The van der Waals surface area contributed by atoms with Crippen LogP contribution in [-0.2, 0) is 4.79 Å². The molecule has 1 amide bonds. The molecular formula is C20H18N4O4. The van der Waals surface area contributed by atoms with Crippen molar-refractivity contribution in [2.24, 2.45) is 5.10 Å². The summed E-state index contributed by atoms with van der Waals surface area (Å²) in [6.45, 7) is 1.75. The van der Waals surface area contributed by atoms with Gasteiger partial charge in [-0.2, -0.15) is 5.10 Å². The fourth-order valence-corrected chi connectivity index (χ4v) is 2.53. The summed E-state index contributed by atoms with van der Waals surface area (Å²) in [4.78, 5) is 22.2. The number of hydrazone groups is 1. The highest BCUT2D eigenvalue weighted by atomic mass is 16.6. The molecule has 0 fully saturated rings. The first-order chi connectivity index (χ1) is 13.5. The number of nitrogens with zero attached hydrogens (tertiary/aromatic N) is 3. The van der Waals surface area contributed by atoms with Crippen LogP contribution in [0.1, 0.15) is 11.3 Å². The molecule has 1 aromatic heterocycles. The Labute approximate surface area is 161 Å². The number of nitro groups is 1. The molecule has 0 aliphatic carbocycles. The topological polar surface area (TPSA) is 98.8 Å². The van der Waals surface area contributed by atoms with Crippen molar-refractivity contribution in [2.45, 2.75) is 6.92 Å². The van der Waals surface area contributed by atoms with E-state index in [0.29, 0.717) is 11.4 Å². The van der Waals surface area contributed by atoms with Gasteiger partial charge in [0.15, 0.2) is 6.61 Å². The van der Waals surface area contributed by atoms with Crippen LogP contribution in [0.3, 0.4) is 0 Å². The maximum absolute atomic E-state index is 11.9. The van der Waals surface area contributed by atoms with E-state index >= 15 is 0 Å². The molecule has 0 saturated carbocycles.